The van der Waals surface area contributed by atoms with Gasteiger partial charge in [0.25, 0.3) is 0 Å². The molecule has 0 saturated carbocycles. The predicted octanol–water partition coefficient (Wildman–Crippen LogP) is 1.01. The van der Waals surface area contributed by atoms with Crippen molar-refractivity contribution >= 4 is 12.0 Å². The van der Waals surface area contributed by atoms with Crippen molar-refractivity contribution in [1.82, 2.24) is 9.80 Å². The number of amides is 2. The van der Waals surface area contributed by atoms with Crippen molar-refractivity contribution in [2.75, 3.05) is 20.2 Å². The van der Waals surface area contributed by atoms with Crippen molar-refractivity contribution < 1.29 is 19.4 Å². The smallest absolute Gasteiger partial charge is 0.329 e. The van der Waals surface area contributed by atoms with Crippen LogP contribution in [0.4, 0.5) is 4.79 Å². The molecule has 18 heavy (non-hydrogen) atoms. The number of carbonyl (C=O) groups excluding carboxylic acids is 1. The summed E-state index contributed by atoms with van der Waals surface area (Å²) in [6, 6.07) is -0.314. The summed E-state index contributed by atoms with van der Waals surface area (Å²) in [4.78, 5) is 26.4. The third-order valence-electron chi connectivity index (χ3n) is 3.50. The van der Waals surface area contributed by atoms with Crippen LogP contribution < -0.4 is 0 Å². The van der Waals surface area contributed by atoms with E-state index in [0.29, 0.717) is 13.2 Å². The number of carbonyl (C=O) groups is 2. The molecular weight excluding hydrogens is 236 g/mol. The minimum Gasteiger partial charge on any atom is -0.480 e. The Bertz CT molecular complexity index is 343. The van der Waals surface area contributed by atoms with Crippen molar-refractivity contribution in [3.8, 4) is 0 Å². The molecule has 1 aliphatic heterocycles. The molecule has 0 spiro atoms. The summed E-state index contributed by atoms with van der Waals surface area (Å²) in [5.74, 6) is -1.02. The molecule has 1 saturated heterocycles. The van der Waals surface area contributed by atoms with Gasteiger partial charge in [-0.15, -0.1) is 0 Å². The molecule has 1 rings (SSSR count). The molecule has 0 aromatic carbocycles. The van der Waals surface area contributed by atoms with Gasteiger partial charge in [0.1, 0.15) is 5.54 Å². The number of rotatable bonds is 2. The molecule has 2 atom stereocenters. The van der Waals surface area contributed by atoms with E-state index in [9.17, 15) is 9.59 Å². The predicted molar refractivity (Wildman–Crippen MR) is 66.5 cm³/mol. The number of carboxylic acids is 1. The summed E-state index contributed by atoms with van der Waals surface area (Å²) in [6.07, 6.45) is -0.0218. The maximum atomic E-state index is 12.3. The molecule has 104 valence electrons. The molecule has 0 aliphatic carbocycles. The molecule has 0 radical (unpaired) electrons. The molecule has 1 fully saturated rings. The highest BCUT2D eigenvalue weighted by atomic mass is 16.5. The monoisotopic (exact) mass is 258 g/mol. The Kier molecular flexibility index (Phi) is 4.21. The van der Waals surface area contributed by atoms with Crippen molar-refractivity contribution in [3.63, 3.8) is 0 Å². The summed E-state index contributed by atoms with van der Waals surface area (Å²) in [5.41, 5.74) is -1.22. The van der Waals surface area contributed by atoms with E-state index in [2.05, 4.69) is 0 Å². The summed E-state index contributed by atoms with van der Waals surface area (Å²) >= 11 is 0. The fraction of sp³-hybridized carbons (Fsp3) is 0.833. The molecule has 1 N–H and O–H groups in total. The van der Waals surface area contributed by atoms with Gasteiger partial charge in [0.2, 0.25) is 0 Å². The van der Waals surface area contributed by atoms with Crippen LogP contribution in [0.15, 0.2) is 0 Å². The average Bonchev–Trinajstić information content (AvgIpc) is 2.30. The van der Waals surface area contributed by atoms with Crippen LogP contribution in [-0.4, -0.2) is 64.8 Å². The van der Waals surface area contributed by atoms with Gasteiger partial charge in [0.15, 0.2) is 0 Å². The maximum absolute atomic E-state index is 12.3. The van der Waals surface area contributed by atoms with Crippen LogP contribution in [0, 0.1) is 0 Å². The van der Waals surface area contributed by atoms with Gasteiger partial charge in [0.05, 0.1) is 18.8 Å². The first-order valence-corrected chi connectivity index (χ1v) is 6.07. The van der Waals surface area contributed by atoms with E-state index in [-0.39, 0.29) is 18.2 Å². The minimum absolute atomic E-state index is 0.0218. The number of likely N-dealkylation sites (N-methyl/N-ethyl adjacent to an activating group) is 1. The Balaban J connectivity index is 2.83. The topological polar surface area (TPSA) is 70.1 Å². The third kappa shape index (κ3) is 2.75. The van der Waals surface area contributed by atoms with E-state index in [4.69, 9.17) is 9.84 Å². The first-order chi connectivity index (χ1) is 8.17. The van der Waals surface area contributed by atoms with Gasteiger partial charge < -0.3 is 19.6 Å². The van der Waals surface area contributed by atoms with Gasteiger partial charge in [-0.25, -0.2) is 9.59 Å². The Morgan fingerprint density at radius 2 is 1.94 bits per heavy atom. The van der Waals surface area contributed by atoms with Crippen molar-refractivity contribution in [2.45, 2.75) is 45.4 Å². The highest BCUT2D eigenvalue weighted by molar-refractivity contribution is 5.85. The standard InChI is InChI=1S/C12H22N2O4/c1-8-7-18-9(2)6-14(8)11(17)13(5)12(3,4)10(15)16/h8-9H,6-7H2,1-5H3,(H,15,16). The molecule has 0 aromatic heterocycles. The summed E-state index contributed by atoms with van der Waals surface area (Å²) in [6.45, 7) is 7.79. The van der Waals surface area contributed by atoms with E-state index >= 15 is 0 Å². The van der Waals surface area contributed by atoms with Gasteiger partial charge in [-0.3, -0.25) is 0 Å². The quantitative estimate of drug-likeness (QED) is 0.802. The first kappa shape index (κ1) is 14.8. The lowest BCUT2D eigenvalue weighted by Gasteiger charge is -2.42. The number of aliphatic carboxylic acids is 1. The van der Waals surface area contributed by atoms with E-state index < -0.39 is 11.5 Å². The van der Waals surface area contributed by atoms with Crippen molar-refractivity contribution in [3.05, 3.63) is 0 Å². The lowest BCUT2D eigenvalue weighted by Crippen LogP contribution is -2.59. The highest BCUT2D eigenvalue weighted by Crippen LogP contribution is 2.19. The first-order valence-electron chi connectivity index (χ1n) is 6.07. The molecule has 0 aromatic rings. The third-order valence-corrected chi connectivity index (χ3v) is 3.50. The van der Waals surface area contributed by atoms with E-state index in [1.54, 1.807) is 4.90 Å². The fourth-order valence-electron chi connectivity index (χ4n) is 1.75. The second-order valence-electron chi connectivity index (χ2n) is 5.35. The second-order valence-corrected chi connectivity index (χ2v) is 5.35. The van der Waals surface area contributed by atoms with Crippen LogP contribution >= 0.6 is 0 Å². The van der Waals surface area contributed by atoms with Crippen LogP contribution in [-0.2, 0) is 9.53 Å². The minimum atomic E-state index is -1.22. The van der Waals surface area contributed by atoms with Gasteiger partial charge in [-0.05, 0) is 27.7 Å². The summed E-state index contributed by atoms with van der Waals surface area (Å²) in [7, 11) is 1.52. The molecule has 2 amide bonds. The lowest BCUT2D eigenvalue weighted by molar-refractivity contribution is -0.147. The highest BCUT2D eigenvalue weighted by Gasteiger charge is 2.39. The van der Waals surface area contributed by atoms with Crippen molar-refractivity contribution in [2.24, 2.45) is 0 Å². The summed E-state index contributed by atoms with van der Waals surface area (Å²) in [5, 5.41) is 9.14. The molecule has 1 heterocycles. The molecule has 6 heteroatoms. The van der Waals surface area contributed by atoms with Crippen LogP contribution in [0.3, 0.4) is 0 Å². The van der Waals surface area contributed by atoms with Crippen LogP contribution in [0.2, 0.25) is 0 Å². The van der Waals surface area contributed by atoms with Gasteiger partial charge >= 0.3 is 12.0 Å². The number of carboxylic acid groups (broad SMARTS) is 1. The zero-order valence-corrected chi connectivity index (χ0v) is 11.6. The molecule has 6 nitrogen and oxygen atoms in total. The van der Waals surface area contributed by atoms with Crippen LogP contribution in [0.5, 0.6) is 0 Å². The van der Waals surface area contributed by atoms with E-state index in [1.165, 1.54) is 25.8 Å². The van der Waals surface area contributed by atoms with E-state index in [1.807, 2.05) is 13.8 Å². The zero-order valence-electron chi connectivity index (χ0n) is 11.6. The van der Waals surface area contributed by atoms with Gasteiger partial charge in [-0.1, -0.05) is 0 Å². The van der Waals surface area contributed by atoms with E-state index in [0.717, 1.165) is 0 Å². The molecule has 1 aliphatic rings. The molecular formula is C12H22N2O4. The van der Waals surface area contributed by atoms with Gasteiger partial charge in [-0.2, -0.15) is 0 Å². The zero-order chi connectivity index (χ0) is 14.1. The molecule has 0 bridgehead atoms. The van der Waals surface area contributed by atoms with Crippen LogP contribution in [0.1, 0.15) is 27.7 Å². The van der Waals surface area contributed by atoms with Gasteiger partial charge in [0, 0.05) is 13.6 Å². The van der Waals surface area contributed by atoms with Crippen LogP contribution in [0.25, 0.3) is 0 Å². The number of nitrogens with zero attached hydrogens (tertiary/aromatic N) is 2. The largest absolute Gasteiger partial charge is 0.480 e. The Hall–Kier alpha value is -1.30. The number of urea groups is 1. The van der Waals surface area contributed by atoms with Crippen molar-refractivity contribution in [1.29, 1.82) is 0 Å². The average molecular weight is 258 g/mol. The Labute approximate surface area is 107 Å². The second kappa shape index (κ2) is 5.14. The number of morpholine rings is 1. The number of hydrogen-bond donors (Lipinski definition) is 1. The summed E-state index contributed by atoms with van der Waals surface area (Å²) < 4.78 is 5.45. The normalized spacial score (nSPS) is 24.8. The number of hydrogen-bond acceptors (Lipinski definition) is 3. The lowest BCUT2D eigenvalue weighted by atomic mass is 10.0. The maximum Gasteiger partial charge on any atom is 0.329 e. The fourth-order valence-corrected chi connectivity index (χ4v) is 1.75. The Morgan fingerprint density at radius 1 is 1.39 bits per heavy atom. The number of ether oxygens (including phenoxy) is 1. The Morgan fingerprint density at radius 3 is 2.44 bits per heavy atom. The molecule has 2 unspecified atom stereocenters. The SMILES string of the molecule is CC1CN(C(=O)N(C)C(C)(C)C(=O)O)C(C)CO1.